The van der Waals surface area contributed by atoms with E-state index < -0.39 is 10.0 Å². The number of sulfonamides is 1. The Hall–Kier alpha value is -0.950. The van der Waals surface area contributed by atoms with Gasteiger partial charge in [-0.25, -0.2) is 13.1 Å². The number of benzene rings is 1. The highest BCUT2D eigenvalue weighted by molar-refractivity contribution is 7.89. The third kappa shape index (κ3) is 4.78. The predicted molar refractivity (Wildman–Crippen MR) is 82.5 cm³/mol. The lowest BCUT2D eigenvalue weighted by Crippen LogP contribution is -2.25. The van der Waals surface area contributed by atoms with Gasteiger partial charge in [-0.05, 0) is 49.9 Å². The van der Waals surface area contributed by atoms with Gasteiger partial charge in [0, 0.05) is 26.2 Å². The first-order chi connectivity index (χ1) is 9.99. The average Bonchev–Trinajstić information content (AvgIpc) is 2.89. The van der Waals surface area contributed by atoms with Crippen molar-refractivity contribution in [1.82, 2.24) is 10.0 Å². The maximum absolute atomic E-state index is 12.2. The molecule has 0 atom stereocenters. The molecule has 2 N–H and O–H groups in total. The summed E-state index contributed by atoms with van der Waals surface area (Å²) >= 11 is 0. The molecule has 0 bridgehead atoms. The van der Waals surface area contributed by atoms with Crippen LogP contribution in [-0.2, 0) is 27.8 Å². The van der Waals surface area contributed by atoms with Gasteiger partial charge >= 0.3 is 0 Å². The summed E-state index contributed by atoms with van der Waals surface area (Å²) < 4.78 is 32.5. The summed E-state index contributed by atoms with van der Waals surface area (Å²) in [5, 5.41) is 3.21. The van der Waals surface area contributed by atoms with Gasteiger partial charge in [0.25, 0.3) is 0 Å². The number of fused-ring (bicyclic) bond motifs is 1. The van der Waals surface area contributed by atoms with Crippen LogP contribution in [0.25, 0.3) is 0 Å². The lowest BCUT2D eigenvalue weighted by Gasteiger charge is -2.09. The molecule has 6 heteroatoms. The molecule has 118 valence electrons. The molecule has 1 aromatic rings. The summed E-state index contributed by atoms with van der Waals surface area (Å²) in [5.74, 6) is 0. The molecular weight excluding hydrogens is 288 g/mol. The summed E-state index contributed by atoms with van der Waals surface area (Å²) in [6.07, 6.45) is 1.86. The zero-order valence-electron chi connectivity index (χ0n) is 12.7. The maximum atomic E-state index is 12.2. The van der Waals surface area contributed by atoms with Crippen LogP contribution >= 0.6 is 0 Å². The maximum Gasteiger partial charge on any atom is 0.240 e. The minimum absolute atomic E-state index is 0.224. The first-order valence-corrected chi connectivity index (χ1v) is 8.91. The van der Waals surface area contributed by atoms with E-state index in [0.29, 0.717) is 18.0 Å². The Balaban J connectivity index is 1.82. The van der Waals surface area contributed by atoms with E-state index in [1.807, 2.05) is 19.9 Å². The van der Waals surface area contributed by atoms with Crippen LogP contribution < -0.4 is 10.0 Å². The second-order valence-corrected chi connectivity index (χ2v) is 7.33. The highest BCUT2D eigenvalue weighted by Gasteiger charge is 2.17. The molecule has 0 aliphatic carbocycles. The quantitative estimate of drug-likeness (QED) is 0.718. The van der Waals surface area contributed by atoms with E-state index in [1.54, 1.807) is 12.1 Å². The highest BCUT2D eigenvalue weighted by Crippen LogP contribution is 2.19. The van der Waals surface area contributed by atoms with Crippen LogP contribution in [0.4, 0.5) is 0 Å². The van der Waals surface area contributed by atoms with Crippen LogP contribution in [0.3, 0.4) is 0 Å². The van der Waals surface area contributed by atoms with Gasteiger partial charge in [-0.2, -0.15) is 0 Å². The smallest absolute Gasteiger partial charge is 0.240 e. The molecule has 0 aromatic heterocycles. The standard InChI is InChI=1S/C15H24N2O3S/c1-12(2)20-8-4-3-7-17-21(18,19)15-6-5-13-10-16-11-14(13)9-15/h5-6,9,12,16-17H,3-4,7-8,10-11H2,1-2H3. The van der Waals surface area contributed by atoms with Crippen LogP contribution in [0.15, 0.2) is 23.1 Å². The van der Waals surface area contributed by atoms with Crippen LogP contribution in [-0.4, -0.2) is 27.7 Å². The van der Waals surface area contributed by atoms with Crippen molar-refractivity contribution >= 4 is 10.0 Å². The summed E-state index contributed by atoms with van der Waals surface area (Å²) in [4.78, 5) is 0.350. The van der Waals surface area contributed by atoms with Gasteiger partial charge in [0.1, 0.15) is 0 Å². The lowest BCUT2D eigenvalue weighted by molar-refractivity contribution is 0.0762. The van der Waals surface area contributed by atoms with Gasteiger partial charge in [0.05, 0.1) is 11.0 Å². The number of rotatable bonds is 8. The largest absolute Gasteiger partial charge is 0.379 e. The third-order valence-corrected chi connectivity index (χ3v) is 4.89. The Kier molecular flexibility index (Phi) is 5.75. The van der Waals surface area contributed by atoms with Crippen molar-refractivity contribution in [3.8, 4) is 0 Å². The Morgan fingerprint density at radius 3 is 2.76 bits per heavy atom. The molecule has 21 heavy (non-hydrogen) atoms. The SMILES string of the molecule is CC(C)OCCCCNS(=O)(=O)c1ccc2c(c1)CNC2. The fourth-order valence-electron chi connectivity index (χ4n) is 2.27. The molecule has 0 fully saturated rings. The fraction of sp³-hybridized carbons (Fsp3) is 0.600. The van der Waals surface area contributed by atoms with Crippen molar-refractivity contribution < 1.29 is 13.2 Å². The second-order valence-electron chi connectivity index (χ2n) is 5.56. The number of hydrogen-bond donors (Lipinski definition) is 2. The molecule has 0 radical (unpaired) electrons. The van der Waals surface area contributed by atoms with E-state index in [-0.39, 0.29) is 6.10 Å². The lowest BCUT2D eigenvalue weighted by atomic mass is 10.1. The van der Waals surface area contributed by atoms with Crippen LogP contribution in [0.1, 0.15) is 37.8 Å². The molecular formula is C15H24N2O3S. The van der Waals surface area contributed by atoms with Crippen molar-refractivity contribution in [2.45, 2.75) is 50.8 Å². The van der Waals surface area contributed by atoms with Crippen LogP contribution in [0.5, 0.6) is 0 Å². The first-order valence-electron chi connectivity index (χ1n) is 7.43. The van der Waals surface area contributed by atoms with Crippen molar-refractivity contribution in [2.24, 2.45) is 0 Å². The Labute approximate surface area is 127 Å². The second kappa shape index (κ2) is 7.35. The Morgan fingerprint density at radius 1 is 1.24 bits per heavy atom. The van der Waals surface area contributed by atoms with Gasteiger partial charge in [0.15, 0.2) is 0 Å². The van der Waals surface area contributed by atoms with E-state index in [0.717, 1.165) is 31.5 Å². The van der Waals surface area contributed by atoms with Gasteiger partial charge in [-0.15, -0.1) is 0 Å². The summed E-state index contributed by atoms with van der Waals surface area (Å²) in [6, 6.07) is 5.33. The van der Waals surface area contributed by atoms with E-state index >= 15 is 0 Å². The Morgan fingerprint density at radius 2 is 2.00 bits per heavy atom. The summed E-state index contributed by atoms with van der Waals surface area (Å²) in [6.45, 7) is 6.66. The van der Waals surface area contributed by atoms with Gasteiger partial charge in [0.2, 0.25) is 10.0 Å². The highest BCUT2D eigenvalue weighted by atomic mass is 32.2. The van der Waals surface area contributed by atoms with Crippen molar-refractivity contribution in [3.63, 3.8) is 0 Å². The minimum Gasteiger partial charge on any atom is -0.379 e. The third-order valence-electron chi connectivity index (χ3n) is 3.43. The molecule has 0 amide bonds. The number of ether oxygens (including phenoxy) is 1. The van der Waals surface area contributed by atoms with Crippen molar-refractivity contribution in [3.05, 3.63) is 29.3 Å². The molecule has 1 aliphatic rings. The fourth-order valence-corrected chi connectivity index (χ4v) is 3.40. The first kappa shape index (κ1) is 16.4. The number of nitrogens with one attached hydrogen (secondary N) is 2. The molecule has 1 heterocycles. The zero-order chi connectivity index (χ0) is 15.3. The molecule has 0 spiro atoms. The normalized spacial score (nSPS) is 14.6. The molecule has 2 rings (SSSR count). The van der Waals surface area contributed by atoms with Gasteiger partial charge < -0.3 is 10.1 Å². The molecule has 5 nitrogen and oxygen atoms in total. The molecule has 0 unspecified atom stereocenters. The number of hydrogen-bond acceptors (Lipinski definition) is 4. The van der Waals surface area contributed by atoms with E-state index in [2.05, 4.69) is 10.0 Å². The summed E-state index contributed by atoms with van der Waals surface area (Å²) in [5.41, 5.74) is 2.25. The van der Waals surface area contributed by atoms with Gasteiger partial charge in [-0.1, -0.05) is 6.07 Å². The van der Waals surface area contributed by atoms with Gasteiger partial charge in [-0.3, -0.25) is 0 Å². The average molecular weight is 312 g/mol. The monoisotopic (exact) mass is 312 g/mol. The molecule has 0 saturated carbocycles. The summed E-state index contributed by atoms with van der Waals surface area (Å²) in [7, 11) is -3.40. The van der Waals surface area contributed by atoms with E-state index in [9.17, 15) is 8.42 Å². The zero-order valence-corrected chi connectivity index (χ0v) is 13.5. The predicted octanol–water partition coefficient (Wildman–Crippen LogP) is 1.77. The topological polar surface area (TPSA) is 67.4 Å². The number of unbranched alkanes of at least 4 members (excludes halogenated alkanes) is 1. The van der Waals surface area contributed by atoms with Crippen LogP contribution in [0, 0.1) is 0 Å². The van der Waals surface area contributed by atoms with E-state index in [4.69, 9.17) is 4.74 Å². The van der Waals surface area contributed by atoms with Crippen molar-refractivity contribution in [2.75, 3.05) is 13.2 Å². The van der Waals surface area contributed by atoms with Crippen LogP contribution in [0.2, 0.25) is 0 Å². The molecule has 1 aromatic carbocycles. The molecule has 1 aliphatic heterocycles. The molecule has 0 saturated heterocycles. The minimum atomic E-state index is -3.40. The van der Waals surface area contributed by atoms with Crippen molar-refractivity contribution in [1.29, 1.82) is 0 Å². The van der Waals surface area contributed by atoms with E-state index in [1.165, 1.54) is 5.56 Å². The Bertz CT molecular complexity index is 570.